The van der Waals surface area contributed by atoms with Crippen LogP contribution in [-0.4, -0.2) is 18.5 Å². The average molecular weight is 340 g/mol. The van der Waals surface area contributed by atoms with Crippen LogP contribution < -0.4 is 4.74 Å². The Balaban J connectivity index is 2.48. The van der Waals surface area contributed by atoms with Crippen LogP contribution in [0.1, 0.15) is 40.4 Å². The quantitative estimate of drug-likeness (QED) is 0.437. The molecule has 4 heteroatoms. The van der Waals surface area contributed by atoms with Gasteiger partial charge >= 0.3 is 0 Å². The highest BCUT2D eigenvalue weighted by atomic mass is 19.1. The number of hydrogen-bond acceptors (Lipinski definition) is 3. The smallest absolute Gasteiger partial charge is 0.154 e. The molecular weight excluding hydrogens is 319 g/mol. The summed E-state index contributed by atoms with van der Waals surface area (Å²) in [7, 11) is 1.50. The van der Waals surface area contributed by atoms with E-state index >= 15 is 0 Å². The van der Waals surface area contributed by atoms with Gasteiger partial charge in [-0.3, -0.25) is 4.79 Å². The molecule has 0 heterocycles. The van der Waals surface area contributed by atoms with Crippen LogP contribution in [0.5, 0.6) is 11.5 Å². The zero-order chi connectivity index (χ0) is 18.4. The molecule has 0 aromatic heterocycles. The maximum atomic E-state index is 13.7. The van der Waals surface area contributed by atoms with Crippen molar-refractivity contribution in [1.29, 1.82) is 0 Å². The van der Waals surface area contributed by atoms with E-state index in [1.165, 1.54) is 13.2 Å². The number of rotatable bonds is 7. The number of phenols is 1. The molecule has 0 spiro atoms. The molecule has 0 bridgehead atoms. The van der Waals surface area contributed by atoms with E-state index in [-0.39, 0.29) is 17.1 Å². The fourth-order valence-corrected chi connectivity index (χ4v) is 2.54. The lowest BCUT2D eigenvalue weighted by Gasteiger charge is -2.14. The molecule has 0 saturated carbocycles. The first-order chi connectivity index (χ1) is 12.0. The van der Waals surface area contributed by atoms with Gasteiger partial charge in [0.25, 0.3) is 0 Å². The molecule has 130 valence electrons. The SMILES string of the molecule is C=C(C)CCc1c(OC)cc(/C=C/c2ccccc2F)c(C=O)c1O. The van der Waals surface area contributed by atoms with Gasteiger partial charge in [-0.15, -0.1) is 6.58 Å². The van der Waals surface area contributed by atoms with Crippen molar-refractivity contribution >= 4 is 18.4 Å². The summed E-state index contributed by atoms with van der Waals surface area (Å²) in [4.78, 5) is 11.5. The Morgan fingerprint density at radius 1 is 1.28 bits per heavy atom. The highest BCUT2D eigenvalue weighted by molar-refractivity contribution is 5.89. The number of benzene rings is 2. The van der Waals surface area contributed by atoms with E-state index in [2.05, 4.69) is 6.58 Å². The molecule has 0 fully saturated rings. The van der Waals surface area contributed by atoms with Crippen LogP contribution in [0.2, 0.25) is 0 Å². The molecule has 0 atom stereocenters. The minimum atomic E-state index is -0.360. The average Bonchev–Trinajstić information content (AvgIpc) is 2.59. The summed E-state index contributed by atoms with van der Waals surface area (Å²) in [5, 5.41) is 10.5. The summed E-state index contributed by atoms with van der Waals surface area (Å²) < 4.78 is 19.1. The first-order valence-corrected chi connectivity index (χ1v) is 7.93. The van der Waals surface area contributed by atoms with Crippen LogP contribution in [0.3, 0.4) is 0 Å². The van der Waals surface area contributed by atoms with Crippen molar-refractivity contribution < 1.29 is 19.0 Å². The van der Waals surface area contributed by atoms with E-state index < -0.39 is 0 Å². The number of ether oxygens (including phenoxy) is 1. The molecule has 2 aromatic carbocycles. The van der Waals surface area contributed by atoms with Crippen LogP contribution >= 0.6 is 0 Å². The van der Waals surface area contributed by atoms with Crippen LogP contribution in [0, 0.1) is 5.82 Å². The van der Waals surface area contributed by atoms with E-state index in [1.807, 2.05) is 6.92 Å². The van der Waals surface area contributed by atoms with Gasteiger partial charge in [0.2, 0.25) is 0 Å². The van der Waals surface area contributed by atoms with Crippen molar-refractivity contribution in [2.24, 2.45) is 0 Å². The second-order valence-electron chi connectivity index (χ2n) is 5.84. The van der Waals surface area contributed by atoms with Gasteiger partial charge < -0.3 is 9.84 Å². The number of halogens is 1. The number of methoxy groups -OCH3 is 1. The lowest BCUT2D eigenvalue weighted by Crippen LogP contribution is -1.99. The maximum absolute atomic E-state index is 13.7. The Labute approximate surface area is 147 Å². The first-order valence-electron chi connectivity index (χ1n) is 7.93. The number of phenolic OH excluding ortho intramolecular Hbond substituents is 1. The van der Waals surface area contributed by atoms with Gasteiger partial charge in [-0.2, -0.15) is 0 Å². The minimum Gasteiger partial charge on any atom is -0.507 e. The van der Waals surface area contributed by atoms with Gasteiger partial charge in [0.05, 0.1) is 12.7 Å². The van der Waals surface area contributed by atoms with E-state index in [0.29, 0.717) is 41.6 Å². The zero-order valence-corrected chi connectivity index (χ0v) is 14.4. The summed E-state index contributed by atoms with van der Waals surface area (Å²) >= 11 is 0. The van der Waals surface area contributed by atoms with Crippen LogP contribution in [-0.2, 0) is 6.42 Å². The van der Waals surface area contributed by atoms with Gasteiger partial charge in [0, 0.05) is 11.1 Å². The molecule has 0 amide bonds. The molecule has 0 aliphatic heterocycles. The van der Waals surface area contributed by atoms with Crippen molar-refractivity contribution in [1.82, 2.24) is 0 Å². The summed E-state index contributed by atoms with van der Waals surface area (Å²) in [6, 6.07) is 8.00. The van der Waals surface area contributed by atoms with Crippen molar-refractivity contribution in [2.75, 3.05) is 7.11 Å². The third-order valence-corrected chi connectivity index (χ3v) is 3.92. The van der Waals surface area contributed by atoms with Crippen molar-refractivity contribution in [3.05, 3.63) is 70.6 Å². The first kappa shape index (κ1) is 18.5. The highest BCUT2D eigenvalue weighted by Gasteiger charge is 2.17. The lowest BCUT2D eigenvalue weighted by atomic mass is 9.97. The molecular formula is C21H21FO3. The predicted octanol–water partition coefficient (Wildman–Crippen LogP) is 5.03. The molecule has 2 rings (SSSR count). The number of hydrogen-bond donors (Lipinski definition) is 1. The number of carbonyl (C=O) groups excluding carboxylic acids is 1. The normalized spacial score (nSPS) is 10.8. The fraction of sp³-hybridized carbons (Fsp3) is 0.190. The summed E-state index contributed by atoms with van der Waals surface area (Å²) in [5.74, 6) is 0.0157. The van der Waals surface area contributed by atoms with Crippen LogP contribution in [0.15, 0.2) is 42.5 Å². The van der Waals surface area contributed by atoms with Gasteiger partial charge in [0.15, 0.2) is 6.29 Å². The second kappa shape index (κ2) is 8.29. The third-order valence-electron chi connectivity index (χ3n) is 3.92. The number of allylic oxidation sites excluding steroid dienone is 1. The molecule has 0 unspecified atom stereocenters. The number of carbonyl (C=O) groups is 1. The fourth-order valence-electron chi connectivity index (χ4n) is 2.54. The van der Waals surface area contributed by atoms with Crippen molar-refractivity contribution in [3.8, 4) is 11.5 Å². The number of aldehydes is 1. The van der Waals surface area contributed by atoms with Crippen LogP contribution in [0.4, 0.5) is 4.39 Å². The van der Waals surface area contributed by atoms with Gasteiger partial charge in [-0.1, -0.05) is 35.9 Å². The van der Waals surface area contributed by atoms with Gasteiger partial charge in [-0.25, -0.2) is 4.39 Å². The Hall–Kier alpha value is -2.88. The zero-order valence-electron chi connectivity index (χ0n) is 14.4. The third kappa shape index (κ3) is 4.35. The topological polar surface area (TPSA) is 46.5 Å². The molecule has 0 aliphatic carbocycles. The predicted molar refractivity (Wildman–Crippen MR) is 98.5 cm³/mol. The number of aromatic hydroxyl groups is 1. The minimum absolute atomic E-state index is 0.108. The molecule has 2 aromatic rings. The van der Waals surface area contributed by atoms with E-state index in [4.69, 9.17) is 4.74 Å². The standard InChI is InChI=1S/C21H21FO3/c1-14(2)8-11-17-20(25-3)12-16(18(13-23)21(17)24)10-9-15-6-4-5-7-19(15)22/h4-7,9-10,12-13,24H,1,8,11H2,2-3H3/b10-9+. The van der Waals surface area contributed by atoms with Gasteiger partial charge in [-0.05, 0) is 37.5 Å². The maximum Gasteiger partial charge on any atom is 0.154 e. The largest absolute Gasteiger partial charge is 0.507 e. The monoisotopic (exact) mass is 340 g/mol. The van der Waals surface area contributed by atoms with E-state index in [1.54, 1.807) is 36.4 Å². The lowest BCUT2D eigenvalue weighted by molar-refractivity contribution is 0.112. The van der Waals surface area contributed by atoms with Crippen molar-refractivity contribution in [3.63, 3.8) is 0 Å². The molecule has 0 radical (unpaired) electrons. The highest BCUT2D eigenvalue weighted by Crippen LogP contribution is 2.35. The Morgan fingerprint density at radius 3 is 2.56 bits per heavy atom. The van der Waals surface area contributed by atoms with E-state index in [0.717, 1.165) is 5.57 Å². The molecule has 0 saturated heterocycles. The van der Waals surface area contributed by atoms with Crippen molar-refractivity contribution in [2.45, 2.75) is 19.8 Å². The molecule has 1 N–H and O–H groups in total. The summed E-state index contributed by atoms with van der Waals surface area (Å²) in [6.45, 7) is 5.75. The molecule has 25 heavy (non-hydrogen) atoms. The Kier molecular flexibility index (Phi) is 6.12. The molecule has 3 nitrogen and oxygen atoms in total. The van der Waals surface area contributed by atoms with Crippen LogP contribution in [0.25, 0.3) is 12.2 Å². The summed E-state index contributed by atoms with van der Waals surface area (Å²) in [5.41, 5.74) is 2.55. The second-order valence-corrected chi connectivity index (χ2v) is 5.84. The Morgan fingerprint density at radius 2 is 1.96 bits per heavy atom. The van der Waals surface area contributed by atoms with E-state index in [9.17, 15) is 14.3 Å². The Bertz CT molecular complexity index is 822. The molecule has 0 aliphatic rings. The summed E-state index contributed by atoms with van der Waals surface area (Å²) in [6.07, 6.45) is 4.94. The van der Waals surface area contributed by atoms with Gasteiger partial charge in [0.1, 0.15) is 17.3 Å².